The molecule has 0 bridgehead atoms. The van der Waals surface area contributed by atoms with Gasteiger partial charge in [0, 0.05) is 55.7 Å². The SMILES string of the molecule is CC(C)CN1CC(OCc2ccncc2)CN(Cc2c[nH]c3ccccc23)CC1=O. The van der Waals surface area contributed by atoms with Gasteiger partial charge in [-0.25, -0.2) is 0 Å². The monoisotopic (exact) mass is 406 g/mol. The summed E-state index contributed by atoms with van der Waals surface area (Å²) >= 11 is 0. The molecule has 1 N–H and O–H groups in total. The number of amides is 1. The van der Waals surface area contributed by atoms with E-state index in [0.29, 0.717) is 25.6 Å². The fourth-order valence-corrected chi connectivity index (χ4v) is 4.09. The van der Waals surface area contributed by atoms with Crippen molar-refractivity contribution >= 4 is 16.8 Å². The largest absolute Gasteiger partial charge is 0.370 e. The van der Waals surface area contributed by atoms with Crippen LogP contribution in [0.5, 0.6) is 0 Å². The standard InChI is InChI=1S/C24H30N4O2/c1-18(2)12-28-15-21(30-17-19-7-9-25-10-8-19)14-27(16-24(28)29)13-20-11-26-23-6-4-3-5-22(20)23/h3-11,18,21,26H,12-17H2,1-2H3. The summed E-state index contributed by atoms with van der Waals surface area (Å²) in [5, 5.41) is 1.21. The molecule has 30 heavy (non-hydrogen) atoms. The van der Waals surface area contributed by atoms with Gasteiger partial charge in [0.15, 0.2) is 0 Å². The molecule has 1 aliphatic rings. The summed E-state index contributed by atoms with van der Waals surface area (Å²) in [6.07, 6.45) is 5.58. The smallest absolute Gasteiger partial charge is 0.236 e. The molecule has 4 rings (SSSR count). The van der Waals surface area contributed by atoms with E-state index >= 15 is 0 Å². The third-order valence-corrected chi connectivity index (χ3v) is 5.49. The number of ether oxygens (including phenoxy) is 1. The van der Waals surface area contributed by atoms with Gasteiger partial charge in [0.2, 0.25) is 5.91 Å². The Hall–Kier alpha value is -2.70. The Bertz CT molecular complexity index is 970. The average Bonchev–Trinajstić information content (AvgIpc) is 3.08. The van der Waals surface area contributed by atoms with Crippen molar-refractivity contribution in [2.75, 3.05) is 26.2 Å². The Balaban J connectivity index is 1.50. The number of hydrogen-bond acceptors (Lipinski definition) is 4. The van der Waals surface area contributed by atoms with Crippen molar-refractivity contribution in [1.29, 1.82) is 0 Å². The zero-order chi connectivity index (χ0) is 20.9. The molecule has 1 aromatic carbocycles. The van der Waals surface area contributed by atoms with Gasteiger partial charge in [0.1, 0.15) is 0 Å². The van der Waals surface area contributed by atoms with Gasteiger partial charge in [-0.05, 0) is 35.2 Å². The minimum atomic E-state index is -0.0337. The molecule has 0 radical (unpaired) electrons. The minimum Gasteiger partial charge on any atom is -0.370 e. The molecule has 1 amide bonds. The Labute approximate surface area is 177 Å². The maximum Gasteiger partial charge on any atom is 0.236 e. The molecule has 3 heterocycles. The molecule has 3 aromatic rings. The highest BCUT2D eigenvalue weighted by Crippen LogP contribution is 2.21. The van der Waals surface area contributed by atoms with E-state index in [1.165, 1.54) is 10.9 Å². The van der Waals surface area contributed by atoms with Gasteiger partial charge >= 0.3 is 0 Å². The Morgan fingerprint density at radius 1 is 1.17 bits per heavy atom. The number of fused-ring (bicyclic) bond motifs is 1. The highest BCUT2D eigenvalue weighted by atomic mass is 16.5. The molecule has 6 heteroatoms. The third-order valence-electron chi connectivity index (χ3n) is 5.49. The molecule has 0 aliphatic carbocycles. The lowest BCUT2D eigenvalue weighted by molar-refractivity contribution is -0.132. The lowest BCUT2D eigenvalue weighted by Gasteiger charge is -2.26. The number of nitrogens with one attached hydrogen (secondary N) is 1. The summed E-state index contributed by atoms with van der Waals surface area (Å²) in [6, 6.07) is 12.2. The second kappa shape index (κ2) is 9.41. The van der Waals surface area contributed by atoms with Crippen LogP contribution in [0.4, 0.5) is 0 Å². The number of aromatic amines is 1. The molecule has 6 nitrogen and oxygen atoms in total. The summed E-state index contributed by atoms with van der Waals surface area (Å²) in [4.78, 5) is 24.6. The van der Waals surface area contributed by atoms with E-state index in [2.05, 4.69) is 53.1 Å². The van der Waals surface area contributed by atoms with E-state index in [0.717, 1.165) is 30.7 Å². The summed E-state index contributed by atoms with van der Waals surface area (Å²) in [5.74, 6) is 0.605. The fourth-order valence-electron chi connectivity index (χ4n) is 4.09. The molecule has 158 valence electrons. The van der Waals surface area contributed by atoms with Crippen molar-refractivity contribution in [2.24, 2.45) is 5.92 Å². The van der Waals surface area contributed by atoms with Crippen LogP contribution in [0, 0.1) is 5.92 Å². The molecular weight excluding hydrogens is 376 g/mol. The Morgan fingerprint density at radius 2 is 1.97 bits per heavy atom. The Morgan fingerprint density at radius 3 is 2.77 bits per heavy atom. The van der Waals surface area contributed by atoms with E-state index in [9.17, 15) is 4.79 Å². The van der Waals surface area contributed by atoms with Crippen molar-refractivity contribution in [3.05, 3.63) is 66.1 Å². The summed E-state index contributed by atoms with van der Waals surface area (Å²) in [7, 11) is 0. The van der Waals surface area contributed by atoms with Crippen LogP contribution < -0.4 is 0 Å². The number of rotatable bonds is 7. The van der Waals surface area contributed by atoms with Crippen LogP contribution in [0.1, 0.15) is 25.0 Å². The first-order valence-electron chi connectivity index (χ1n) is 10.6. The number of aromatic nitrogens is 2. The van der Waals surface area contributed by atoms with Crippen LogP contribution in [-0.2, 0) is 22.7 Å². The van der Waals surface area contributed by atoms with Crippen molar-refractivity contribution in [3.8, 4) is 0 Å². The van der Waals surface area contributed by atoms with Gasteiger partial charge in [0.25, 0.3) is 0 Å². The quantitative estimate of drug-likeness (QED) is 0.653. The van der Waals surface area contributed by atoms with Crippen LogP contribution in [0.25, 0.3) is 10.9 Å². The van der Waals surface area contributed by atoms with Crippen molar-refractivity contribution in [1.82, 2.24) is 19.8 Å². The topological polar surface area (TPSA) is 61.5 Å². The molecule has 1 unspecified atom stereocenters. The fraction of sp³-hybridized carbons (Fsp3) is 0.417. The zero-order valence-electron chi connectivity index (χ0n) is 17.8. The number of H-pyrrole nitrogens is 1. The second-order valence-corrected chi connectivity index (χ2v) is 8.51. The van der Waals surface area contributed by atoms with E-state index < -0.39 is 0 Å². The number of para-hydroxylation sites is 1. The molecule has 1 saturated heterocycles. The summed E-state index contributed by atoms with van der Waals surface area (Å²) in [6.45, 7) is 8.08. The molecule has 0 spiro atoms. The molecule has 1 atom stereocenters. The molecular formula is C24H30N4O2. The highest BCUT2D eigenvalue weighted by Gasteiger charge is 2.29. The number of pyridine rings is 1. The Kier molecular flexibility index (Phi) is 6.45. The first kappa shape index (κ1) is 20.6. The van der Waals surface area contributed by atoms with E-state index in [1.54, 1.807) is 12.4 Å². The lowest BCUT2D eigenvalue weighted by Crippen LogP contribution is -2.40. The maximum atomic E-state index is 13.0. The molecule has 0 saturated carbocycles. The van der Waals surface area contributed by atoms with Gasteiger partial charge in [-0.3, -0.25) is 14.7 Å². The van der Waals surface area contributed by atoms with Crippen LogP contribution >= 0.6 is 0 Å². The van der Waals surface area contributed by atoms with Crippen LogP contribution in [-0.4, -0.2) is 58.0 Å². The minimum absolute atomic E-state index is 0.0337. The molecule has 2 aromatic heterocycles. The third kappa shape index (κ3) is 5.07. The average molecular weight is 407 g/mol. The van der Waals surface area contributed by atoms with Gasteiger partial charge in [-0.2, -0.15) is 0 Å². The number of nitrogens with zero attached hydrogens (tertiary/aromatic N) is 3. The number of benzene rings is 1. The predicted octanol–water partition coefficient (Wildman–Crippen LogP) is 3.45. The first-order valence-corrected chi connectivity index (χ1v) is 10.6. The van der Waals surface area contributed by atoms with Gasteiger partial charge < -0.3 is 14.6 Å². The van der Waals surface area contributed by atoms with Crippen LogP contribution in [0.15, 0.2) is 55.0 Å². The first-order chi connectivity index (χ1) is 14.6. The van der Waals surface area contributed by atoms with Gasteiger partial charge in [-0.15, -0.1) is 0 Å². The second-order valence-electron chi connectivity index (χ2n) is 8.51. The number of carbonyl (C=O) groups excluding carboxylic acids is 1. The van der Waals surface area contributed by atoms with Crippen LogP contribution in [0.3, 0.4) is 0 Å². The normalized spacial score (nSPS) is 18.3. The summed E-state index contributed by atoms with van der Waals surface area (Å²) in [5.41, 5.74) is 3.43. The number of hydrogen-bond donors (Lipinski definition) is 1. The van der Waals surface area contributed by atoms with E-state index in [-0.39, 0.29) is 12.0 Å². The van der Waals surface area contributed by atoms with E-state index in [1.807, 2.05) is 23.1 Å². The predicted molar refractivity (Wildman–Crippen MR) is 118 cm³/mol. The number of carbonyl (C=O) groups is 1. The molecule has 1 fully saturated rings. The highest BCUT2D eigenvalue weighted by molar-refractivity contribution is 5.83. The maximum absolute atomic E-state index is 13.0. The lowest BCUT2D eigenvalue weighted by atomic mass is 10.1. The van der Waals surface area contributed by atoms with Crippen LogP contribution in [0.2, 0.25) is 0 Å². The van der Waals surface area contributed by atoms with Gasteiger partial charge in [0.05, 0.1) is 19.3 Å². The molecule has 1 aliphatic heterocycles. The van der Waals surface area contributed by atoms with Gasteiger partial charge in [-0.1, -0.05) is 32.0 Å². The zero-order valence-corrected chi connectivity index (χ0v) is 17.8. The van der Waals surface area contributed by atoms with Crippen molar-refractivity contribution < 1.29 is 9.53 Å². The van der Waals surface area contributed by atoms with Crippen molar-refractivity contribution in [3.63, 3.8) is 0 Å². The summed E-state index contributed by atoms with van der Waals surface area (Å²) < 4.78 is 6.27. The van der Waals surface area contributed by atoms with E-state index in [4.69, 9.17) is 4.74 Å². The van der Waals surface area contributed by atoms with Crippen molar-refractivity contribution in [2.45, 2.75) is 33.1 Å².